The van der Waals surface area contributed by atoms with E-state index < -0.39 is 18.0 Å². The Morgan fingerprint density at radius 3 is 2.45 bits per heavy atom. The van der Waals surface area contributed by atoms with Gasteiger partial charge in [-0.2, -0.15) is 0 Å². The van der Waals surface area contributed by atoms with Crippen LogP contribution >= 0.6 is 57.1 Å². The Morgan fingerprint density at radius 2 is 1.76 bits per heavy atom. The third kappa shape index (κ3) is 8.54. The number of carbonyl (C=O) groups is 2. The third-order valence-electron chi connectivity index (χ3n) is 7.61. The number of hydrogen-bond acceptors (Lipinski definition) is 11. The summed E-state index contributed by atoms with van der Waals surface area (Å²) in [6.45, 7) is 5.50. The Morgan fingerprint density at radius 1 is 0.980 bits per heavy atom. The molecule has 0 fully saturated rings. The van der Waals surface area contributed by atoms with Gasteiger partial charge in [0, 0.05) is 15.6 Å². The van der Waals surface area contributed by atoms with Crippen molar-refractivity contribution in [2.24, 2.45) is 4.99 Å². The molecule has 0 saturated carbocycles. The van der Waals surface area contributed by atoms with Crippen LogP contribution in [0.2, 0.25) is 10.0 Å². The maximum Gasteiger partial charge on any atom is 0.343 e. The quantitative estimate of drug-likeness (QED) is 0.113. The van der Waals surface area contributed by atoms with Gasteiger partial charge in [0.15, 0.2) is 34.4 Å². The van der Waals surface area contributed by atoms with Gasteiger partial charge in [-0.1, -0.05) is 46.7 Å². The van der Waals surface area contributed by atoms with E-state index in [1.54, 1.807) is 69.3 Å². The zero-order valence-corrected chi connectivity index (χ0v) is 32.7. The number of carbonyl (C=O) groups excluding carboxylic acids is 2. The highest BCUT2D eigenvalue weighted by molar-refractivity contribution is 14.1. The third-order valence-corrected chi connectivity index (χ3v) is 9.98. The maximum atomic E-state index is 14.3. The van der Waals surface area contributed by atoms with Crippen LogP contribution in [-0.4, -0.2) is 50.5 Å². The molecule has 2 heterocycles. The van der Waals surface area contributed by atoms with Crippen molar-refractivity contribution in [3.8, 4) is 23.0 Å². The van der Waals surface area contributed by atoms with Crippen LogP contribution in [0.5, 0.6) is 23.0 Å². The fourth-order valence-corrected chi connectivity index (χ4v) is 7.58. The second kappa shape index (κ2) is 17.0. The normalized spacial score (nSPS) is 14.0. The molecule has 1 aliphatic rings. The fourth-order valence-electron chi connectivity index (χ4n) is 5.29. The lowest BCUT2D eigenvalue weighted by atomic mass is 9.95. The van der Waals surface area contributed by atoms with Crippen molar-refractivity contribution in [1.29, 1.82) is 0 Å². The molecule has 0 unspecified atom stereocenters. The highest BCUT2D eigenvalue weighted by atomic mass is 127. The number of ether oxygens (including phenoxy) is 6. The lowest BCUT2D eigenvalue weighted by molar-refractivity contribution is -0.143. The van der Waals surface area contributed by atoms with Crippen molar-refractivity contribution < 1.29 is 38.0 Å². The van der Waals surface area contributed by atoms with Crippen molar-refractivity contribution >= 4 is 75.1 Å². The van der Waals surface area contributed by atoms with Crippen molar-refractivity contribution in [3.05, 3.63) is 110 Å². The largest absolute Gasteiger partial charge is 0.493 e. The van der Waals surface area contributed by atoms with E-state index in [0.717, 1.165) is 9.13 Å². The number of nitrogens with zero attached hydrogens (tertiary/aromatic N) is 2. The van der Waals surface area contributed by atoms with Crippen LogP contribution in [0.3, 0.4) is 0 Å². The zero-order valence-electron chi connectivity index (χ0n) is 28.2. The van der Waals surface area contributed by atoms with E-state index in [2.05, 4.69) is 32.3 Å². The first-order valence-corrected chi connectivity index (χ1v) is 18.2. The van der Waals surface area contributed by atoms with Gasteiger partial charge in [-0.3, -0.25) is 9.36 Å². The molecule has 3 aromatic carbocycles. The number of fused-ring (bicyclic) bond motifs is 1. The molecule has 0 bridgehead atoms. The number of hydrogen-bond donors (Lipinski definition) is 0. The molecule has 0 spiro atoms. The molecule has 15 heteroatoms. The Balaban J connectivity index is 1.58. The van der Waals surface area contributed by atoms with Gasteiger partial charge < -0.3 is 28.4 Å². The second-order valence-corrected chi connectivity index (χ2v) is 13.9. The van der Waals surface area contributed by atoms with Gasteiger partial charge in [0.05, 0.1) is 52.8 Å². The van der Waals surface area contributed by atoms with Crippen LogP contribution < -0.4 is 33.8 Å². The molecule has 1 aliphatic heterocycles. The average molecular weight is 868 g/mol. The molecule has 0 amide bonds. The van der Waals surface area contributed by atoms with Crippen LogP contribution in [0.25, 0.3) is 6.08 Å². The molecular formula is C36H33Cl2IN2O9S. The molecule has 0 aliphatic carbocycles. The van der Waals surface area contributed by atoms with E-state index in [1.165, 1.54) is 30.1 Å². The summed E-state index contributed by atoms with van der Waals surface area (Å²) in [5.74, 6) is 0.431. The highest BCUT2D eigenvalue weighted by Crippen LogP contribution is 2.37. The minimum atomic E-state index is -0.901. The summed E-state index contributed by atoms with van der Waals surface area (Å²) in [6.07, 6.45) is 1.74. The van der Waals surface area contributed by atoms with E-state index in [-0.39, 0.29) is 31.0 Å². The first-order chi connectivity index (χ1) is 24.5. The zero-order chi connectivity index (χ0) is 36.8. The SMILES string of the molecule is CCOC(=O)C1=C(C)N=c2s/c(=C\c3cc(I)c(OCc4ccc(Cl)cc4Cl)c(OC)c3)c(=O)n2[C@@H]1c1ccc(OCC(=O)OC)c(OCC)c1. The number of rotatable bonds is 13. The molecule has 5 rings (SSSR count). The summed E-state index contributed by atoms with van der Waals surface area (Å²) >= 11 is 15.7. The van der Waals surface area contributed by atoms with Crippen LogP contribution in [-0.2, 0) is 25.7 Å². The lowest BCUT2D eigenvalue weighted by Crippen LogP contribution is -2.40. The van der Waals surface area contributed by atoms with Crippen molar-refractivity contribution in [2.75, 3.05) is 34.0 Å². The number of thiazole rings is 1. The number of halogens is 3. The molecule has 1 aromatic heterocycles. The number of benzene rings is 3. The van der Waals surface area contributed by atoms with Gasteiger partial charge in [0.2, 0.25) is 0 Å². The summed E-state index contributed by atoms with van der Waals surface area (Å²) in [4.78, 5) is 44.5. The number of allylic oxidation sites excluding steroid dienone is 1. The Bertz CT molecular complexity index is 2200. The predicted molar refractivity (Wildman–Crippen MR) is 202 cm³/mol. The second-order valence-electron chi connectivity index (χ2n) is 10.9. The van der Waals surface area contributed by atoms with Crippen LogP contribution in [0.15, 0.2) is 69.6 Å². The van der Waals surface area contributed by atoms with Crippen LogP contribution in [0.1, 0.15) is 43.5 Å². The van der Waals surface area contributed by atoms with Gasteiger partial charge in [0.25, 0.3) is 5.56 Å². The lowest BCUT2D eigenvalue weighted by Gasteiger charge is -2.25. The monoisotopic (exact) mass is 866 g/mol. The highest BCUT2D eigenvalue weighted by Gasteiger charge is 2.34. The smallest absolute Gasteiger partial charge is 0.343 e. The van der Waals surface area contributed by atoms with Gasteiger partial charge in [-0.25, -0.2) is 14.6 Å². The Kier molecular flexibility index (Phi) is 12.7. The van der Waals surface area contributed by atoms with Crippen molar-refractivity contribution in [1.82, 2.24) is 4.57 Å². The molecule has 1 atom stereocenters. The topological polar surface area (TPSA) is 124 Å². The van der Waals surface area contributed by atoms with Gasteiger partial charge in [-0.15, -0.1) is 0 Å². The van der Waals surface area contributed by atoms with E-state index in [0.29, 0.717) is 65.8 Å². The van der Waals surface area contributed by atoms with Gasteiger partial charge in [0.1, 0.15) is 6.61 Å². The van der Waals surface area contributed by atoms with E-state index in [9.17, 15) is 14.4 Å². The summed E-state index contributed by atoms with van der Waals surface area (Å²) < 4.78 is 36.0. The summed E-state index contributed by atoms with van der Waals surface area (Å²) in [6, 6.07) is 12.9. The minimum Gasteiger partial charge on any atom is -0.493 e. The predicted octanol–water partition coefficient (Wildman–Crippen LogP) is 6.25. The summed E-state index contributed by atoms with van der Waals surface area (Å²) in [5.41, 5.74) is 2.24. The van der Waals surface area contributed by atoms with Crippen LogP contribution in [0, 0.1) is 3.57 Å². The van der Waals surface area contributed by atoms with Crippen LogP contribution in [0.4, 0.5) is 0 Å². The van der Waals surface area contributed by atoms with Crippen molar-refractivity contribution in [3.63, 3.8) is 0 Å². The summed E-state index contributed by atoms with van der Waals surface area (Å²) in [7, 11) is 2.80. The molecular weight excluding hydrogens is 834 g/mol. The van der Waals surface area contributed by atoms with Gasteiger partial charge in [-0.05, 0) is 97.0 Å². The number of methoxy groups -OCH3 is 2. The standard InChI is InChI=1S/C36H33Cl2IN2O9S/c1-6-47-27-15-21(9-11-26(27)49-18-30(42)46-5)32-31(35(44)48-7-2)19(3)40-36-41(32)34(43)29(51-36)14-20-12-25(39)33(28(13-20)45-4)50-17-22-8-10-23(37)16-24(22)38/h8-16,32H,6-7,17-18H2,1-5H3/b29-14-/t32-/m1/s1. The molecule has 0 N–H and O–H groups in total. The molecule has 268 valence electrons. The number of aromatic nitrogens is 1. The molecule has 0 saturated heterocycles. The Hall–Kier alpha value is -4.05. The molecule has 4 aromatic rings. The fraction of sp³-hybridized carbons (Fsp3) is 0.278. The van der Waals surface area contributed by atoms with Gasteiger partial charge >= 0.3 is 11.9 Å². The van der Waals surface area contributed by atoms with Crippen molar-refractivity contribution in [2.45, 2.75) is 33.4 Å². The molecule has 51 heavy (non-hydrogen) atoms. The first kappa shape index (κ1) is 38.2. The number of esters is 2. The maximum absolute atomic E-state index is 14.3. The Labute approximate surface area is 321 Å². The van der Waals surface area contributed by atoms with E-state index >= 15 is 0 Å². The van der Waals surface area contributed by atoms with E-state index in [1.807, 2.05) is 6.07 Å². The molecule has 11 nitrogen and oxygen atoms in total. The average Bonchev–Trinajstić information content (AvgIpc) is 3.40. The minimum absolute atomic E-state index is 0.129. The first-order valence-electron chi connectivity index (χ1n) is 15.6. The summed E-state index contributed by atoms with van der Waals surface area (Å²) in [5, 5.41) is 1.01. The molecule has 0 radical (unpaired) electrons. The van der Waals surface area contributed by atoms with E-state index in [4.69, 9.17) is 46.9 Å².